The van der Waals surface area contributed by atoms with Gasteiger partial charge in [0.15, 0.2) is 5.69 Å². The van der Waals surface area contributed by atoms with E-state index in [2.05, 4.69) is 25.8 Å². The Morgan fingerprint density at radius 1 is 1.24 bits per heavy atom. The number of aromatic nitrogens is 3. The van der Waals surface area contributed by atoms with Gasteiger partial charge in [0.1, 0.15) is 0 Å². The van der Waals surface area contributed by atoms with E-state index in [0.717, 1.165) is 49.1 Å². The van der Waals surface area contributed by atoms with Gasteiger partial charge in [0, 0.05) is 30.9 Å². The fraction of sp³-hybridized carbons (Fsp3) is 0.545. The molecule has 2 amide bonds. The van der Waals surface area contributed by atoms with Gasteiger partial charge in [-0.15, -0.1) is 0 Å². The van der Waals surface area contributed by atoms with Gasteiger partial charge in [-0.2, -0.15) is 5.10 Å². The monoisotopic (exact) mass is 397 g/mol. The summed E-state index contributed by atoms with van der Waals surface area (Å²) in [6.07, 6.45) is 6.66. The first kappa shape index (κ1) is 21.0. The van der Waals surface area contributed by atoms with Crippen LogP contribution in [0.5, 0.6) is 0 Å². The summed E-state index contributed by atoms with van der Waals surface area (Å²) in [4.78, 5) is 28.6. The molecule has 2 heterocycles. The highest BCUT2D eigenvalue weighted by Crippen LogP contribution is 2.36. The van der Waals surface area contributed by atoms with Gasteiger partial charge in [-0.1, -0.05) is 13.0 Å². The smallest absolute Gasteiger partial charge is 0.272 e. The Bertz CT molecular complexity index is 825. The number of carbonyl (C=O) groups excluding carboxylic acids is 2. The van der Waals surface area contributed by atoms with E-state index in [4.69, 9.17) is 0 Å². The molecular formula is C22H31N5O2. The summed E-state index contributed by atoms with van der Waals surface area (Å²) in [5.74, 6) is 0.671. The van der Waals surface area contributed by atoms with Gasteiger partial charge in [-0.3, -0.25) is 19.7 Å². The molecule has 2 aromatic heterocycles. The highest BCUT2D eigenvalue weighted by molar-refractivity contribution is 5.93. The lowest BCUT2D eigenvalue weighted by Crippen LogP contribution is -2.36. The van der Waals surface area contributed by atoms with Crippen LogP contribution in [-0.2, 0) is 11.2 Å². The average molecular weight is 398 g/mol. The first-order valence-corrected chi connectivity index (χ1v) is 10.5. The molecule has 1 unspecified atom stereocenters. The number of aromatic amines is 1. The second-order valence-corrected chi connectivity index (χ2v) is 7.95. The summed E-state index contributed by atoms with van der Waals surface area (Å²) in [5.41, 5.74) is 3.35. The molecule has 0 bridgehead atoms. The van der Waals surface area contributed by atoms with Gasteiger partial charge in [0.2, 0.25) is 5.91 Å². The number of hydrogen-bond donors (Lipinski definition) is 3. The Labute approximate surface area is 172 Å². The summed E-state index contributed by atoms with van der Waals surface area (Å²) >= 11 is 0. The zero-order valence-corrected chi connectivity index (χ0v) is 17.5. The molecule has 1 saturated carbocycles. The van der Waals surface area contributed by atoms with Crippen LogP contribution in [0.15, 0.2) is 24.4 Å². The molecule has 1 fully saturated rings. The molecule has 0 saturated heterocycles. The molecule has 2 aromatic rings. The summed E-state index contributed by atoms with van der Waals surface area (Å²) in [6.45, 7) is 6.19. The molecule has 7 heteroatoms. The van der Waals surface area contributed by atoms with Crippen LogP contribution < -0.4 is 10.6 Å². The first-order chi connectivity index (χ1) is 14.0. The van der Waals surface area contributed by atoms with Crippen molar-refractivity contribution >= 4 is 11.8 Å². The third kappa shape index (κ3) is 5.22. The SMILES string of the molecule is CCc1[nH]nc(C(=O)NCC2CCC(C(NC(C)=O)c3ccccn3)CC2)c1C. The number of pyridine rings is 1. The minimum absolute atomic E-state index is 0.0316. The number of H-pyrrole nitrogens is 1. The molecule has 156 valence electrons. The van der Waals surface area contributed by atoms with Gasteiger partial charge in [-0.05, 0) is 63.0 Å². The molecule has 0 radical (unpaired) electrons. The molecule has 1 atom stereocenters. The lowest BCUT2D eigenvalue weighted by molar-refractivity contribution is -0.120. The fourth-order valence-electron chi connectivity index (χ4n) is 4.26. The molecule has 0 spiro atoms. The van der Waals surface area contributed by atoms with Crippen LogP contribution >= 0.6 is 0 Å². The van der Waals surface area contributed by atoms with E-state index in [9.17, 15) is 9.59 Å². The predicted molar refractivity (Wildman–Crippen MR) is 111 cm³/mol. The Hall–Kier alpha value is -2.70. The Morgan fingerprint density at radius 3 is 2.59 bits per heavy atom. The third-order valence-electron chi connectivity index (χ3n) is 5.96. The van der Waals surface area contributed by atoms with Crippen LogP contribution in [0.3, 0.4) is 0 Å². The van der Waals surface area contributed by atoms with Crippen molar-refractivity contribution in [2.45, 2.75) is 58.9 Å². The van der Waals surface area contributed by atoms with Crippen LogP contribution in [-0.4, -0.2) is 33.5 Å². The second kappa shape index (κ2) is 9.67. The van der Waals surface area contributed by atoms with Crippen LogP contribution in [0.4, 0.5) is 0 Å². The van der Waals surface area contributed by atoms with Crippen molar-refractivity contribution in [2.24, 2.45) is 11.8 Å². The summed E-state index contributed by atoms with van der Waals surface area (Å²) in [7, 11) is 0. The van der Waals surface area contributed by atoms with Gasteiger partial charge >= 0.3 is 0 Å². The van der Waals surface area contributed by atoms with Crippen molar-refractivity contribution < 1.29 is 9.59 Å². The normalized spacial score (nSPS) is 20.1. The van der Waals surface area contributed by atoms with Gasteiger partial charge < -0.3 is 10.6 Å². The molecule has 3 rings (SSSR count). The summed E-state index contributed by atoms with van der Waals surface area (Å²) in [5, 5.41) is 13.2. The van der Waals surface area contributed by atoms with Crippen LogP contribution in [0.2, 0.25) is 0 Å². The van der Waals surface area contributed by atoms with E-state index in [0.29, 0.717) is 24.1 Å². The second-order valence-electron chi connectivity index (χ2n) is 7.95. The van der Waals surface area contributed by atoms with E-state index in [-0.39, 0.29) is 17.9 Å². The van der Waals surface area contributed by atoms with Crippen molar-refractivity contribution in [1.29, 1.82) is 0 Å². The Morgan fingerprint density at radius 2 is 2.00 bits per heavy atom. The Kier molecular flexibility index (Phi) is 7.01. The number of hydrogen-bond acceptors (Lipinski definition) is 4. The van der Waals surface area contributed by atoms with E-state index in [1.807, 2.05) is 32.0 Å². The quantitative estimate of drug-likeness (QED) is 0.668. The maximum Gasteiger partial charge on any atom is 0.272 e. The van der Waals surface area contributed by atoms with Gasteiger partial charge in [-0.25, -0.2) is 0 Å². The largest absolute Gasteiger partial charge is 0.350 e. The maximum absolute atomic E-state index is 12.5. The highest BCUT2D eigenvalue weighted by Gasteiger charge is 2.30. The van der Waals surface area contributed by atoms with Crippen molar-refractivity contribution in [3.05, 3.63) is 47.0 Å². The van der Waals surface area contributed by atoms with E-state index < -0.39 is 0 Å². The predicted octanol–water partition coefficient (Wildman–Crippen LogP) is 3.09. The third-order valence-corrected chi connectivity index (χ3v) is 5.96. The van der Waals surface area contributed by atoms with E-state index in [1.54, 1.807) is 13.1 Å². The molecular weight excluding hydrogens is 366 g/mol. The molecule has 1 aliphatic carbocycles. The molecule has 7 nitrogen and oxygen atoms in total. The minimum Gasteiger partial charge on any atom is -0.350 e. The Balaban J connectivity index is 1.53. The number of aryl methyl sites for hydroxylation is 1. The van der Waals surface area contributed by atoms with E-state index >= 15 is 0 Å². The zero-order chi connectivity index (χ0) is 20.8. The minimum atomic E-state index is -0.106. The summed E-state index contributed by atoms with van der Waals surface area (Å²) in [6, 6.07) is 5.77. The number of rotatable bonds is 7. The van der Waals surface area contributed by atoms with Crippen LogP contribution in [0, 0.1) is 18.8 Å². The lowest BCUT2D eigenvalue weighted by Gasteiger charge is -2.34. The standard InChI is InChI=1S/C22H31N5O2/c1-4-18-14(2)20(27-26-18)22(29)24-13-16-8-10-17(11-9-16)21(25-15(3)28)19-7-5-6-12-23-19/h5-7,12,16-17,21H,4,8-11,13H2,1-3H3,(H,24,29)(H,25,28)(H,26,27). The molecule has 29 heavy (non-hydrogen) atoms. The first-order valence-electron chi connectivity index (χ1n) is 10.5. The highest BCUT2D eigenvalue weighted by atomic mass is 16.2. The molecule has 0 aliphatic heterocycles. The van der Waals surface area contributed by atoms with Crippen molar-refractivity contribution in [3.8, 4) is 0 Å². The van der Waals surface area contributed by atoms with Crippen molar-refractivity contribution in [3.63, 3.8) is 0 Å². The van der Waals surface area contributed by atoms with Crippen molar-refractivity contribution in [2.75, 3.05) is 6.54 Å². The van der Waals surface area contributed by atoms with Gasteiger partial charge in [0.25, 0.3) is 5.91 Å². The fourth-order valence-corrected chi connectivity index (χ4v) is 4.26. The zero-order valence-electron chi connectivity index (χ0n) is 17.5. The number of nitrogens with one attached hydrogen (secondary N) is 3. The number of amides is 2. The molecule has 3 N–H and O–H groups in total. The van der Waals surface area contributed by atoms with Crippen molar-refractivity contribution in [1.82, 2.24) is 25.8 Å². The number of nitrogens with zero attached hydrogens (tertiary/aromatic N) is 2. The van der Waals surface area contributed by atoms with Crippen LogP contribution in [0.25, 0.3) is 0 Å². The summed E-state index contributed by atoms with van der Waals surface area (Å²) < 4.78 is 0. The number of carbonyl (C=O) groups is 2. The average Bonchev–Trinajstić information content (AvgIpc) is 3.11. The maximum atomic E-state index is 12.5. The molecule has 1 aliphatic rings. The molecule has 0 aromatic carbocycles. The van der Waals surface area contributed by atoms with Gasteiger partial charge in [0.05, 0.1) is 11.7 Å². The topological polar surface area (TPSA) is 99.8 Å². The lowest BCUT2D eigenvalue weighted by atomic mass is 9.77. The van der Waals surface area contributed by atoms with E-state index in [1.165, 1.54) is 0 Å². The van der Waals surface area contributed by atoms with Crippen LogP contribution in [0.1, 0.15) is 73.0 Å².